The minimum atomic E-state index is -2.78. The van der Waals surface area contributed by atoms with Gasteiger partial charge in [-0.25, -0.2) is 8.42 Å². The first-order valence-electron chi connectivity index (χ1n) is 7.65. The number of methoxy groups -OCH3 is 1. The van der Waals surface area contributed by atoms with Crippen molar-refractivity contribution in [2.75, 3.05) is 25.2 Å². The fourth-order valence-corrected chi connectivity index (χ4v) is 4.99. The summed E-state index contributed by atoms with van der Waals surface area (Å²) in [5.74, 6) is 2.54. The Labute approximate surface area is 126 Å². The van der Waals surface area contributed by atoms with Crippen LogP contribution >= 0.6 is 0 Å². The van der Waals surface area contributed by atoms with E-state index in [-0.39, 0.29) is 5.92 Å². The smallest absolute Gasteiger partial charge is 0.150 e. The molecule has 1 heterocycles. The van der Waals surface area contributed by atoms with Gasteiger partial charge in [0.25, 0.3) is 0 Å². The minimum Gasteiger partial charge on any atom is -0.497 e. The zero-order valence-electron chi connectivity index (χ0n) is 12.4. The number of sulfone groups is 1. The van der Waals surface area contributed by atoms with Gasteiger partial charge in [0, 0.05) is 6.04 Å². The Morgan fingerprint density at radius 3 is 2.48 bits per heavy atom. The second-order valence-corrected chi connectivity index (χ2v) is 8.49. The van der Waals surface area contributed by atoms with E-state index in [0.29, 0.717) is 23.5 Å². The van der Waals surface area contributed by atoms with E-state index in [1.165, 1.54) is 18.4 Å². The first kappa shape index (κ1) is 14.9. The van der Waals surface area contributed by atoms with Crippen molar-refractivity contribution >= 4 is 9.84 Å². The molecule has 1 aromatic rings. The van der Waals surface area contributed by atoms with E-state index in [1.54, 1.807) is 7.11 Å². The Hall–Kier alpha value is -1.07. The van der Waals surface area contributed by atoms with Gasteiger partial charge >= 0.3 is 0 Å². The average Bonchev–Trinajstić information content (AvgIpc) is 3.24. The molecule has 1 saturated heterocycles. The highest BCUT2D eigenvalue weighted by molar-refractivity contribution is 7.91. The third kappa shape index (κ3) is 3.77. The third-order valence-electron chi connectivity index (χ3n) is 4.52. The summed E-state index contributed by atoms with van der Waals surface area (Å²) in [6.45, 7) is 0.798. The van der Waals surface area contributed by atoms with Gasteiger partial charge in [-0.15, -0.1) is 0 Å². The summed E-state index contributed by atoms with van der Waals surface area (Å²) in [5.41, 5.74) is 1.28. The molecule has 4 nitrogen and oxygen atoms in total. The summed E-state index contributed by atoms with van der Waals surface area (Å²) in [6.07, 6.45) is 3.31. The van der Waals surface area contributed by atoms with Crippen molar-refractivity contribution in [3.63, 3.8) is 0 Å². The lowest BCUT2D eigenvalue weighted by molar-refractivity contribution is 0.411. The topological polar surface area (TPSA) is 55.4 Å². The molecule has 2 fully saturated rings. The fraction of sp³-hybridized carbons (Fsp3) is 0.625. The molecule has 2 atom stereocenters. The first-order chi connectivity index (χ1) is 10.1. The van der Waals surface area contributed by atoms with Gasteiger partial charge in [0.15, 0.2) is 9.84 Å². The van der Waals surface area contributed by atoms with Gasteiger partial charge < -0.3 is 10.1 Å². The molecule has 3 rings (SSSR count). The highest BCUT2D eigenvalue weighted by atomic mass is 32.2. The van der Waals surface area contributed by atoms with Crippen LogP contribution < -0.4 is 10.1 Å². The second-order valence-electron chi connectivity index (χ2n) is 6.27. The summed E-state index contributed by atoms with van der Waals surface area (Å²) < 4.78 is 28.3. The summed E-state index contributed by atoms with van der Waals surface area (Å²) in [6, 6.07) is 8.55. The van der Waals surface area contributed by atoms with E-state index in [4.69, 9.17) is 4.74 Å². The van der Waals surface area contributed by atoms with Gasteiger partial charge in [-0.2, -0.15) is 0 Å². The molecule has 1 aromatic carbocycles. The van der Waals surface area contributed by atoms with Crippen LogP contribution in [0.25, 0.3) is 0 Å². The lowest BCUT2D eigenvalue weighted by Gasteiger charge is -2.21. The molecule has 1 saturated carbocycles. The molecule has 1 aliphatic carbocycles. The van der Waals surface area contributed by atoms with Crippen LogP contribution in [0.3, 0.4) is 0 Å². The molecule has 1 N–H and O–H groups in total. The number of hydrogen-bond donors (Lipinski definition) is 1. The quantitative estimate of drug-likeness (QED) is 0.875. The van der Waals surface area contributed by atoms with Crippen molar-refractivity contribution in [2.24, 2.45) is 11.8 Å². The molecule has 116 valence electrons. The van der Waals surface area contributed by atoms with Crippen LogP contribution in [-0.4, -0.2) is 33.6 Å². The number of benzene rings is 1. The van der Waals surface area contributed by atoms with Crippen LogP contribution in [0.5, 0.6) is 5.75 Å². The van der Waals surface area contributed by atoms with Crippen molar-refractivity contribution in [3.8, 4) is 5.75 Å². The van der Waals surface area contributed by atoms with Gasteiger partial charge in [-0.1, -0.05) is 12.1 Å². The highest BCUT2D eigenvalue weighted by Gasteiger charge is 2.34. The molecule has 2 aliphatic rings. The molecule has 0 amide bonds. The minimum absolute atomic E-state index is 0.273. The highest BCUT2D eigenvalue weighted by Crippen LogP contribution is 2.41. The lowest BCUT2D eigenvalue weighted by Crippen LogP contribution is -2.29. The maximum absolute atomic E-state index is 11.5. The van der Waals surface area contributed by atoms with E-state index in [2.05, 4.69) is 17.4 Å². The summed E-state index contributed by atoms with van der Waals surface area (Å²) in [7, 11) is -1.11. The average molecular weight is 309 g/mol. The lowest BCUT2D eigenvalue weighted by atomic mass is 10.0. The van der Waals surface area contributed by atoms with Crippen molar-refractivity contribution in [1.82, 2.24) is 5.32 Å². The van der Waals surface area contributed by atoms with Crippen molar-refractivity contribution < 1.29 is 13.2 Å². The molecule has 0 aromatic heterocycles. The van der Waals surface area contributed by atoms with Crippen molar-refractivity contribution in [2.45, 2.75) is 25.3 Å². The van der Waals surface area contributed by atoms with Gasteiger partial charge in [0.05, 0.1) is 18.6 Å². The Morgan fingerprint density at radius 2 is 1.95 bits per heavy atom. The molecular weight excluding hydrogens is 286 g/mol. The molecule has 0 bridgehead atoms. The maximum atomic E-state index is 11.5. The molecule has 2 unspecified atom stereocenters. The standard InChI is InChI=1S/C16H23NO3S/c1-20-15-6-4-14(5-7-15)16(13-2-3-13)17-10-12-8-9-21(18,19)11-12/h4-7,12-13,16-17H,2-3,8-11H2,1H3. The summed E-state index contributed by atoms with van der Waals surface area (Å²) in [4.78, 5) is 0. The number of rotatable bonds is 6. The molecular formula is C16H23NO3S. The zero-order chi connectivity index (χ0) is 14.9. The van der Waals surface area contributed by atoms with Crippen LogP contribution in [0, 0.1) is 11.8 Å². The Kier molecular flexibility index (Phi) is 4.22. The molecule has 0 radical (unpaired) electrons. The Balaban J connectivity index is 1.62. The molecule has 21 heavy (non-hydrogen) atoms. The van der Waals surface area contributed by atoms with Crippen LogP contribution in [-0.2, 0) is 9.84 Å². The van der Waals surface area contributed by atoms with E-state index in [1.807, 2.05) is 12.1 Å². The van der Waals surface area contributed by atoms with Crippen LogP contribution in [0.2, 0.25) is 0 Å². The van der Waals surface area contributed by atoms with Crippen LogP contribution in [0.4, 0.5) is 0 Å². The van der Waals surface area contributed by atoms with E-state index in [0.717, 1.165) is 18.7 Å². The first-order valence-corrected chi connectivity index (χ1v) is 9.47. The summed E-state index contributed by atoms with van der Waals surface area (Å²) in [5, 5.41) is 3.61. The number of hydrogen-bond acceptors (Lipinski definition) is 4. The van der Waals surface area contributed by atoms with Gasteiger partial charge in [-0.05, 0) is 55.3 Å². The summed E-state index contributed by atoms with van der Waals surface area (Å²) >= 11 is 0. The number of nitrogens with one attached hydrogen (secondary N) is 1. The predicted octanol–water partition coefficient (Wildman–Crippen LogP) is 2.17. The molecule has 5 heteroatoms. The predicted molar refractivity (Wildman–Crippen MR) is 83.2 cm³/mol. The van der Waals surface area contributed by atoms with E-state index in [9.17, 15) is 8.42 Å². The van der Waals surface area contributed by atoms with Gasteiger partial charge in [-0.3, -0.25) is 0 Å². The molecule has 1 aliphatic heterocycles. The van der Waals surface area contributed by atoms with E-state index < -0.39 is 9.84 Å². The van der Waals surface area contributed by atoms with Crippen molar-refractivity contribution in [1.29, 1.82) is 0 Å². The Morgan fingerprint density at radius 1 is 1.24 bits per heavy atom. The monoisotopic (exact) mass is 309 g/mol. The largest absolute Gasteiger partial charge is 0.497 e. The SMILES string of the molecule is COc1ccc(C(NCC2CCS(=O)(=O)C2)C2CC2)cc1. The molecule has 0 spiro atoms. The number of ether oxygens (including phenoxy) is 1. The van der Waals surface area contributed by atoms with Crippen molar-refractivity contribution in [3.05, 3.63) is 29.8 Å². The van der Waals surface area contributed by atoms with Crippen LogP contribution in [0.1, 0.15) is 30.9 Å². The normalized spacial score (nSPS) is 25.7. The van der Waals surface area contributed by atoms with Gasteiger partial charge in [0.1, 0.15) is 5.75 Å². The van der Waals surface area contributed by atoms with Crippen LogP contribution in [0.15, 0.2) is 24.3 Å². The maximum Gasteiger partial charge on any atom is 0.150 e. The Bertz CT molecular complexity index is 578. The third-order valence-corrected chi connectivity index (χ3v) is 6.36. The van der Waals surface area contributed by atoms with E-state index >= 15 is 0 Å². The second kappa shape index (κ2) is 5.97. The zero-order valence-corrected chi connectivity index (χ0v) is 13.2. The fourth-order valence-electron chi connectivity index (χ4n) is 3.12. The van der Waals surface area contributed by atoms with Gasteiger partial charge in [0.2, 0.25) is 0 Å².